The number of hydrogen-bond donors (Lipinski definition) is 0. The van der Waals surface area contributed by atoms with E-state index < -0.39 is 0 Å². The zero-order valence-electron chi connectivity index (χ0n) is 18.5. The standard InChI is InChI=1S/C27H20Cl2N4S/c1-17(34-2)30-21-15-13-19(14-16-21)23-25(28)31-27-22(18-9-5-3-6-10-18)24(32-33(27)26(23)29)20-11-7-4-8-12-20/h3-16H,1-2H3/b30-17-. The fraction of sp³-hybridized carbons (Fsp3) is 0.0741. The van der Waals surface area contributed by atoms with E-state index in [-0.39, 0.29) is 0 Å². The van der Waals surface area contributed by atoms with Gasteiger partial charge in [-0.3, -0.25) is 0 Å². The minimum absolute atomic E-state index is 0.325. The second-order valence-electron chi connectivity index (χ2n) is 7.64. The lowest BCUT2D eigenvalue weighted by atomic mass is 10.0. The highest BCUT2D eigenvalue weighted by Crippen LogP contribution is 2.40. The van der Waals surface area contributed by atoms with Crippen LogP contribution in [-0.4, -0.2) is 25.9 Å². The molecule has 0 atom stereocenters. The number of nitrogens with zero attached hydrogens (tertiary/aromatic N) is 4. The van der Waals surface area contributed by atoms with Gasteiger partial charge in [0.05, 0.1) is 21.9 Å². The predicted molar refractivity (Wildman–Crippen MR) is 146 cm³/mol. The molecule has 0 radical (unpaired) electrons. The Labute approximate surface area is 212 Å². The van der Waals surface area contributed by atoms with Crippen molar-refractivity contribution >= 4 is 51.3 Å². The van der Waals surface area contributed by atoms with E-state index in [1.807, 2.05) is 98.1 Å². The van der Waals surface area contributed by atoms with Crippen LogP contribution in [0.3, 0.4) is 0 Å². The molecule has 0 saturated heterocycles. The molecular weight excluding hydrogens is 483 g/mol. The highest BCUT2D eigenvalue weighted by molar-refractivity contribution is 8.13. The van der Waals surface area contributed by atoms with Crippen molar-refractivity contribution in [2.24, 2.45) is 4.99 Å². The number of aliphatic imine (C=N–C) groups is 1. The van der Waals surface area contributed by atoms with Crippen LogP contribution in [0.2, 0.25) is 10.3 Å². The van der Waals surface area contributed by atoms with Gasteiger partial charge in [0.1, 0.15) is 16.0 Å². The minimum atomic E-state index is 0.325. The molecule has 0 spiro atoms. The molecule has 5 rings (SSSR count). The van der Waals surface area contributed by atoms with Crippen LogP contribution >= 0.6 is 35.0 Å². The molecule has 0 fully saturated rings. The number of halogens is 2. The molecule has 7 heteroatoms. The third kappa shape index (κ3) is 4.23. The van der Waals surface area contributed by atoms with E-state index in [2.05, 4.69) is 4.99 Å². The molecule has 0 saturated carbocycles. The molecule has 4 nitrogen and oxygen atoms in total. The van der Waals surface area contributed by atoms with Crippen LogP contribution in [-0.2, 0) is 0 Å². The lowest BCUT2D eigenvalue weighted by Crippen LogP contribution is -1.97. The molecular formula is C27H20Cl2N4S. The Kier molecular flexibility index (Phi) is 6.42. The van der Waals surface area contributed by atoms with Crippen LogP contribution in [0.25, 0.3) is 39.2 Å². The molecule has 0 N–H and O–H groups in total. The molecule has 5 aromatic rings. The molecule has 0 aliphatic carbocycles. The molecule has 0 aliphatic heterocycles. The van der Waals surface area contributed by atoms with Gasteiger partial charge < -0.3 is 0 Å². The molecule has 0 aliphatic rings. The fourth-order valence-electron chi connectivity index (χ4n) is 3.83. The van der Waals surface area contributed by atoms with Gasteiger partial charge in [0, 0.05) is 5.56 Å². The summed E-state index contributed by atoms with van der Waals surface area (Å²) in [6.07, 6.45) is 2.01. The van der Waals surface area contributed by atoms with Gasteiger partial charge in [-0.15, -0.1) is 11.8 Å². The molecule has 0 amide bonds. The normalized spacial score (nSPS) is 11.8. The topological polar surface area (TPSA) is 42.5 Å². The number of fused-ring (bicyclic) bond motifs is 1. The molecule has 34 heavy (non-hydrogen) atoms. The number of aromatic nitrogens is 3. The number of thioether (sulfide) groups is 1. The van der Waals surface area contributed by atoms with E-state index in [9.17, 15) is 0 Å². The number of hydrogen-bond acceptors (Lipinski definition) is 4. The summed E-state index contributed by atoms with van der Waals surface area (Å²) in [4.78, 5) is 9.34. The first-order valence-corrected chi connectivity index (χ1v) is 12.6. The number of benzene rings is 3. The molecule has 3 aromatic carbocycles. The van der Waals surface area contributed by atoms with E-state index in [4.69, 9.17) is 33.3 Å². The third-order valence-electron chi connectivity index (χ3n) is 5.51. The van der Waals surface area contributed by atoms with Crippen LogP contribution in [0.1, 0.15) is 6.92 Å². The summed E-state index contributed by atoms with van der Waals surface area (Å²) in [6, 6.07) is 27.9. The zero-order chi connectivity index (χ0) is 23.7. The average molecular weight is 503 g/mol. The molecule has 0 bridgehead atoms. The summed E-state index contributed by atoms with van der Waals surface area (Å²) < 4.78 is 1.68. The number of rotatable bonds is 4. The van der Waals surface area contributed by atoms with Gasteiger partial charge in [-0.2, -0.15) is 5.10 Å². The quantitative estimate of drug-likeness (QED) is 0.140. The lowest BCUT2D eigenvalue weighted by Gasteiger charge is -2.09. The van der Waals surface area contributed by atoms with Gasteiger partial charge in [0.15, 0.2) is 5.65 Å². The van der Waals surface area contributed by atoms with E-state index in [0.717, 1.165) is 38.7 Å². The first-order chi connectivity index (χ1) is 16.6. The van der Waals surface area contributed by atoms with Gasteiger partial charge in [-0.1, -0.05) is 96.0 Å². The van der Waals surface area contributed by atoms with Crippen LogP contribution < -0.4 is 0 Å². The second kappa shape index (κ2) is 9.63. The molecule has 2 heterocycles. The second-order valence-corrected chi connectivity index (χ2v) is 9.36. The SMILES string of the molecule is CS/C(C)=N\c1ccc(-c2c(Cl)nc3c(-c4ccccc4)c(-c4ccccc4)nn3c2Cl)cc1. The Morgan fingerprint density at radius 1 is 0.794 bits per heavy atom. The Morgan fingerprint density at radius 3 is 2.00 bits per heavy atom. The molecule has 0 unspecified atom stereocenters. The fourth-order valence-corrected chi connectivity index (χ4v) is 4.67. The van der Waals surface area contributed by atoms with Crippen molar-refractivity contribution < 1.29 is 0 Å². The van der Waals surface area contributed by atoms with Crippen molar-refractivity contribution in [1.82, 2.24) is 14.6 Å². The summed E-state index contributed by atoms with van der Waals surface area (Å²) in [5.41, 5.74) is 6.63. The Balaban J connectivity index is 1.72. The maximum atomic E-state index is 6.93. The summed E-state index contributed by atoms with van der Waals surface area (Å²) in [7, 11) is 0. The van der Waals surface area contributed by atoms with Crippen LogP contribution in [0, 0.1) is 0 Å². The highest BCUT2D eigenvalue weighted by Gasteiger charge is 2.23. The van der Waals surface area contributed by atoms with Gasteiger partial charge in [0.25, 0.3) is 0 Å². The summed E-state index contributed by atoms with van der Waals surface area (Å²) in [5, 5.41) is 6.62. The molecule has 168 valence electrons. The Hall–Kier alpha value is -3.12. The zero-order valence-corrected chi connectivity index (χ0v) is 20.9. The van der Waals surface area contributed by atoms with Gasteiger partial charge in [0.2, 0.25) is 0 Å². The highest BCUT2D eigenvalue weighted by atomic mass is 35.5. The van der Waals surface area contributed by atoms with Crippen molar-refractivity contribution in [1.29, 1.82) is 0 Å². The van der Waals surface area contributed by atoms with E-state index in [1.54, 1.807) is 16.3 Å². The maximum Gasteiger partial charge on any atom is 0.166 e. The summed E-state index contributed by atoms with van der Waals surface area (Å²) in [6.45, 7) is 1.98. The van der Waals surface area contributed by atoms with Crippen molar-refractivity contribution in [2.45, 2.75) is 6.92 Å². The average Bonchev–Trinajstić information content (AvgIpc) is 3.25. The largest absolute Gasteiger partial charge is 0.247 e. The van der Waals surface area contributed by atoms with Crippen molar-refractivity contribution in [3.63, 3.8) is 0 Å². The van der Waals surface area contributed by atoms with Crippen molar-refractivity contribution in [3.8, 4) is 33.5 Å². The lowest BCUT2D eigenvalue weighted by molar-refractivity contribution is 0.946. The van der Waals surface area contributed by atoms with Crippen molar-refractivity contribution in [3.05, 3.63) is 95.2 Å². The summed E-state index contributed by atoms with van der Waals surface area (Å²) >= 11 is 15.3. The smallest absolute Gasteiger partial charge is 0.166 e. The molecule has 2 aromatic heterocycles. The van der Waals surface area contributed by atoms with Crippen LogP contribution in [0.5, 0.6) is 0 Å². The van der Waals surface area contributed by atoms with Crippen LogP contribution in [0.15, 0.2) is 89.9 Å². The van der Waals surface area contributed by atoms with E-state index in [0.29, 0.717) is 21.5 Å². The van der Waals surface area contributed by atoms with Gasteiger partial charge in [-0.25, -0.2) is 14.5 Å². The van der Waals surface area contributed by atoms with E-state index >= 15 is 0 Å². The monoisotopic (exact) mass is 502 g/mol. The van der Waals surface area contributed by atoms with Gasteiger partial charge in [-0.05, 0) is 36.4 Å². The predicted octanol–water partition coefficient (Wildman–Crippen LogP) is 8.45. The third-order valence-corrected chi connectivity index (χ3v) is 6.82. The summed E-state index contributed by atoms with van der Waals surface area (Å²) in [5.74, 6) is 0. The van der Waals surface area contributed by atoms with Gasteiger partial charge >= 0.3 is 0 Å². The van der Waals surface area contributed by atoms with Crippen LogP contribution in [0.4, 0.5) is 5.69 Å². The Bertz CT molecular complexity index is 1500. The maximum absolute atomic E-state index is 6.93. The Morgan fingerprint density at radius 2 is 1.38 bits per heavy atom. The van der Waals surface area contributed by atoms with Crippen molar-refractivity contribution in [2.75, 3.05) is 6.26 Å². The first kappa shape index (κ1) is 22.7. The van der Waals surface area contributed by atoms with E-state index in [1.165, 1.54) is 0 Å². The minimum Gasteiger partial charge on any atom is -0.247 e. The first-order valence-electron chi connectivity index (χ1n) is 10.6.